The summed E-state index contributed by atoms with van der Waals surface area (Å²) in [4.78, 5) is 0. The molecule has 1 aliphatic heterocycles. The van der Waals surface area contributed by atoms with E-state index in [2.05, 4.69) is 0 Å². The smallest absolute Gasteiger partial charge is 0.400 e. The molecule has 1 fully saturated rings. The maximum Gasteiger partial charge on any atom is 0.491 e. The van der Waals surface area contributed by atoms with Crippen molar-refractivity contribution in [1.29, 1.82) is 0 Å². The van der Waals surface area contributed by atoms with Gasteiger partial charge in [-0.1, -0.05) is 12.1 Å². The topological polar surface area (TPSA) is 44.5 Å². The molecule has 0 aromatic heterocycles. The highest BCUT2D eigenvalue weighted by Crippen LogP contribution is 2.38. The van der Waals surface area contributed by atoms with Crippen LogP contribution in [0.25, 0.3) is 6.08 Å². The summed E-state index contributed by atoms with van der Waals surface area (Å²) in [6, 6.07) is 4.69. The molecule has 1 aliphatic rings. The van der Waals surface area contributed by atoms with Crippen molar-refractivity contribution < 1.29 is 13.7 Å². The molecule has 0 spiro atoms. The van der Waals surface area contributed by atoms with Crippen LogP contribution >= 0.6 is 0 Å². The van der Waals surface area contributed by atoms with Crippen LogP contribution in [0.2, 0.25) is 0 Å². The second-order valence-electron chi connectivity index (χ2n) is 6.51. The Labute approximate surface area is 126 Å². The monoisotopic (exact) mass is 291 g/mol. The van der Waals surface area contributed by atoms with Gasteiger partial charge < -0.3 is 15.0 Å². The van der Waals surface area contributed by atoms with Gasteiger partial charge >= 0.3 is 7.12 Å². The van der Waals surface area contributed by atoms with Crippen molar-refractivity contribution in [3.8, 4) is 0 Å². The number of hydrogen-bond donors (Lipinski definition) is 1. The molecule has 0 radical (unpaired) electrons. The molecule has 1 aromatic rings. The van der Waals surface area contributed by atoms with E-state index in [9.17, 15) is 4.39 Å². The molecule has 0 unspecified atom stereocenters. The Kier molecular flexibility index (Phi) is 4.29. The Hall–Kier alpha value is -1.17. The first-order valence-electron chi connectivity index (χ1n) is 7.18. The third-order valence-corrected chi connectivity index (χ3v) is 4.37. The highest BCUT2D eigenvalue weighted by Gasteiger charge is 2.52. The SMILES string of the molecule is Cc1ccc(F)cc1C=C(CN)B1OC(C)(C)C(C)(C)O1. The fourth-order valence-corrected chi connectivity index (χ4v) is 2.18. The van der Waals surface area contributed by atoms with Crippen LogP contribution in [0.3, 0.4) is 0 Å². The Morgan fingerprint density at radius 3 is 2.33 bits per heavy atom. The van der Waals surface area contributed by atoms with Gasteiger partial charge in [-0.05, 0) is 63.4 Å². The Bertz CT molecular complexity index is 553. The maximum absolute atomic E-state index is 13.4. The van der Waals surface area contributed by atoms with Crippen molar-refractivity contribution in [2.75, 3.05) is 6.54 Å². The fraction of sp³-hybridized carbons (Fsp3) is 0.500. The van der Waals surface area contributed by atoms with Gasteiger partial charge in [-0.2, -0.15) is 0 Å². The van der Waals surface area contributed by atoms with Gasteiger partial charge in [0.25, 0.3) is 0 Å². The Morgan fingerprint density at radius 2 is 1.81 bits per heavy atom. The number of aryl methyl sites for hydroxylation is 1. The number of hydrogen-bond acceptors (Lipinski definition) is 3. The average Bonchev–Trinajstić information content (AvgIpc) is 2.59. The van der Waals surface area contributed by atoms with E-state index in [4.69, 9.17) is 15.0 Å². The van der Waals surface area contributed by atoms with Gasteiger partial charge in [0.05, 0.1) is 11.2 Å². The van der Waals surface area contributed by atoms with Crippen LogP contribution in [-0.2, 0) is 9.31 Å². The molecule has 0 amide bonds. The predicted octanol–water partition coefficient (Wildman–Crippen LogP) is 3.11. The summed E-state index contributed by atoms with van der Waals surface area (Å²) in [6.07, 6.45) is 1.86. The molecule has 0 bridgehead atoms. The van der Waals surface area contributed by atoms with E-state index in [0.29, 0.717) is 6.54 Å². The quantitative estimate of drug-likeness (QED) is 0.870. The van der Waals surface area contributed by atoms with E-state index in [0.717, 1.165) is 16.6 Å². The third kappa shape index (κ3) is 3.20. The van der Waals surface area contributed by atoms with E-state index in [-0.39, 0.29) is 5.82 Å². The first-order valence-corrected chi connectivity index (χ1v) is 7.18. The number of benzene rings is 1. The predicted molar refractivity (Wildman–Crippen MR) is 84.3 cm³/mol. The van der Waals surface area contributed by atoms with Crippen molar-refractivity contribution in [3.63, 3.8) is 0 Å². The average molecular weight is 291 g/mol. The summed E-state index contributed by atoms with van der Waals surface area (Å²) >= 11 is 0. The third-order valence-electron chi connectivity index (χ3n) is 4.37. The highest BCUT2D eigenvalue weighted by atomic mass is 19.1. The lowest BCUT2D eigenvalue weighted by atomic mass is 9.77. The molecule has 1 aromatic carbocycles. The van der Waals surface area contributed by atoms with Crippen LogP contribution in [0.1, 0.15) is 38.8 Å². The molecule has 3 nitrogen and oxygen atoms in total. The van der Waals surface area contributed by atoms with Gasteiger partial charge in [0, 0.05) is 6.54 Å². The van der Waals surface area contributed by atoms with Crippen LogP contribution in [0.5, 0.6) is 0 Å². The normalized spacial score (nSPS) is 20.9. The Morgan fingerprint density at radius 1 is 1.24 bits per heavy atom. The molecule has 1 heterocycles. The molecule has 0 atom stereocenters. The zero-order chi connectivity index (χ0) is 15.8. The van der Waals surface area contributed by atoms with Gasteiger partial charge in [0.2, 0.25) is 0 Å². The molecular weight excluding hydrogens is 268 g/mol. The van der Waals surface area contributed by atoms with Crippen LogP contribution in [0.15, 0.2) is 23.7 Å². The molecule has 2 N–H and O–H groups in total. The second kappa shape index (κ2) is 5.56. The zero-order valence-electron chi connectivity index (χ0n) is 13.4. The summed E-state index contributed by atoms with van der Waals surface area (Å²) in [5.41, 5.74) is 7.61. The van der Waals surface area contributed by atoms with Crippen LogP contribution in [-0.4, -0.2) is 24.9 Å². The van der Waals surface area contributed by atoms with Gasteiger partial charge in [-0.25, -0.2) is 4.39 Å². The molecule has 2 rings (SSSR count). The number of halogens is 1. The largest absolute Gasteiger partial charge is 0.491 e. The lowest BCUT2D eigenvalue weighted by Crippen LogP contribution is -2.41. The van der Waals surface area contributed by atoms with Gasteiger partial charge in [0.1, 0.15) is 5.82 Å². The summed E-state index contributed by atoms with van der Waals surface area (Å²) in [6.45, 7) is 10.2. The van der Waals surface area contributed by atoms with Crippen molar-refractivity contribution in [2.24, 2.45) is 5.73 Å². The minimum absolute atomic E-state index is 0.267. The lowest BCUT2D eigenvalue weighted by Gasteiger charge is -2.32. The maximum atomic E-state index is 13.4. The minimum Gasteiger partial charge on any atom is -0.400 e. The fourth-order valence-electron chi connectivity index (χ4n) is 2.18. The van der Waals surface area contributed by atoms with Gasteiger partial charge in [-0.15, -0.1) is 0 Å². The lowest BCUT2D eigenvalue weighted by molar-refractivity contribution is 0.00578. The van der Waals surface area contributed by atoms with E-state index < -0.39 is 18.3 Å². The van der Waals surface area contributed by atoms with E-state index in [1.807, 2.05) is 40.7 Å². The molecule has 0 aliphatic carbocycles. The standard InChI is InChI=1S/C16H23BFNO2/c1-11-6-7-14(18)9-12(11)8-13(10-19)17-20-15(2,3)16(4,5)21-17/h6-9H,10,19H2,1-5H3. The van der Waals surface area contributed by atoms with Crippen molar-refractivity contribution in [1.82, 2.24) is 0 Å². The first kappa shape index (κ1) is 16.2. The zero-order valence-corrected chi connectivity index (χ0v) is 13.4. The molecule has 5 heteroatoms. The van der Waals surface area contributed by atoms with Gasteiger partial charge in [-0.3, -0.25) is 0 Å². The van der Waals surface area contributed by atoms with Crippen LogP contribution < -0.4 is 5.73 Å². The van der Waals surface area contributed by atoms with E-state index >= 15 is 0 Å². The van der Waals surface area contributed by atoms with E-state index in [1.165, 1.54) is 12.1 Å². The summed E-state index contributed by atoms with van der Waals surface area (Å²) in [7, 11) is -0.498. The first-order chi connectivity index (χ1) is 9.66. The van der Waals surface area contributed by atoms with Gasteiger partial charge in [0.15, 0.2) is 0 Å². The molecular formula is C16H23BFNO2. The molecule has 21 heavy (non-hydrogen) atoms. The van der Waals surface area contributed by atoms with Crippen molar-refractivity contribution in [3.05, 3.63) is 40.6 Å². The molecule has 1 saturated heterocycles. The molecule has 0 saturated carbocycles. The minimum atomic E-state index is -0.498. The van der Waals surface area contributed by atoms with Crippen LogP contribution in [0, 0.1) is 12.7 Å². The summed E-state index contributed by atoms with van der Waals surface area (Å²) in [5.74, 6) is -0.267. The highest BCUT2D eigenvalue weighted by molar-refractivity contribution is 6.55. The second-order valence-corrected chi connectivity index (χ2v) is 6.51. The number of nitrogens with two attached hydrogens (primary N) is 1. The number of rotatable bonds is 3. The van der Waals surface area contributed by atoms with Crippen molar-refractivity contribution >= 4 is 13.2 Å². The summed E-state index contributed by atoms with van der Waals surface area (Å²) in [5, 5.41) is 0. The molecule has 114 valence electrons. The summed E-state index contributed by atoms with van der Waals surface area (Å²) < 4.78 is 25.4. The van der Waals surface area contributed by atoms with Crippen molar-refractivity contribution in [2.45, 2.75) is 45.8 Å². The van der Waals surface area contributed by atoms with E-state index in [1.54, 1.807) is 6.07 Å². The van der Waals surface area contributed by atoms with Crippen LogP contribution in [0.4, 0.5) is 4.39 Å². The Balaban J connectivity index is 2.33.